The van der Waals surface area contributed by atoms with Crippen molar-refractivity contribution in [1.29, 1.82) is 0 Å². The van der Waals surface area contributed by atoms with Gasteiger partial charge in [-0.15, -0.1) is 0 Å². The van der Waals surface area contributed by atoms with Crippen molar-refractivity contribution in [2.75, 3.05) is 25.4 Å². The Labute approximate surface area is 120 Å². The molecule has 5 nitrogen and oxygen atoms in total. The third-order valence-corrected chi connectivity index (χ3v) is 4.05. The molecule has 0 bridgehead atoms. The summed E-state index contributed by atoms with van der Waals surface area (Å²) >= 11 is 0. The van der Waals surface area contributed by atoms with Gasteiger partial charge in [0.15, 0.2) is 0 Å². The lowest BCUT2D eigenvalue weighted by molar-refractivity contribution is 0.113. The van der Waals surface area contributed by atoms with Crippen LogP contribution in [0, 0.1) is 0 Å². The van der Waals surface area contributed by atoms with E-state index in [1.54, 1.807) is 16.8 Å². The topological polar surface area (TPSA) is 71.5 Å². The molecule has 1 aromatic heterocycles. The Morgan fingerprint density at radius 3 is 2.70 bits per heavy atom. The van der Waals surface area contributed by atoms with E-state index < -0.39 is 0 Å². The molecule has 1 aliphatic carbocycles. The third kappa shape index (κ3) is 4.08. The number of aryl methyl sites for hydroxylation is 1. The molecule has 20 heavy (non-hydrogen) atoms. The Kier molecular flexibility index (Phi) is 5.61. The molecule has 3 N–H and O–H groups in total. The van der Waals surface area contributed by atoms with Crippen LogP contribution >= 0.6 is 0 Å². The normalized spacial score (nSPS) is 15.5. The lowest BCUT2D eigenvalue weighted by Crippen LogP contribution is -2.42. The van der Waals surface area contributed by atoms with Crippen LogP contribution in [-0.4, -0.2) is 40.3 Å². The van der Waals surface area contributed by atoms with Gasteiger partial charge in [-0.1, -0.05) is 6.42 Å². The summed E-state index contributed by atoms with van der Waals surface area (Å²) in [6.07, 6.45) is 7.33. The zero-order valence-corrected chi connectivity index (χ0v) is 12.0. The largest absolute Gasteiger partial charge is 0.398 e. The average Bonchev–Trinajstić information content (AvgIpc) is 2.37. The van der Waals surface area contributed by atoms with E-state index in [9.17, 15) is 4.79 Å². The highest BCUT2D eigenvalue weighted by molar-refractivity contribution is 5.33. The summed E-state index contributed by atoms with van der Waals surface area (Å²) in [7, 11) is 0. The molecule has 0 atom stereocenters. The molecular weight excluding hydrogens is 254 g/mol. The van der Waals surface area contributed by atoms with E-state index in [0.717, 1.165) is 25.9 Å². The highest BCUT2D eigenvalue weighted by atomic mass is 16.3. The van der Waals surface area contributed by atoms with Crippen molar-refractivity contribution < 1.29 is 5.11 Å². The van der Waals surface area contributed by atoms with Gasteiger partial charge in [0.25, 0.3) is 5.56 Å². The molecule has 1 aromatic rings. The molecule has 112 valence electrons. The molecule has 5 heteroatoms. The fraction of sp³-hybridized carbons (Fsp3) is 0.667. The van der Waals surface area contributed by atoms with Crippen molar-refractivity contribution in [2.24, 2.45) is 0 Å². The number of pyridine rings is 1. The van der Waals surface area contributed by atoms with E-state index in [-0.39, 0.29) is 12.2 Å². The van der Waals surface area contributed by atoms with Crippen LogP contribution in [0.1, 0.15) is 32.1 Å². The molecule has 1 heterocycles. The van der Waals surface area contributed by atoms with Crippen molar-refractivity contribution >= 4 is 5.69 Å². The Morgan fingerprint density at radius 2 is 2.05 bits per heavy atom. The quantitative estimate of drug-likeness (QED) is 0.746. The van der Waals surface area contributed by atoms with Crippen LogP contribution in [0.3, 0.4) is 0 Å². The van der Waals surface area contributed by atoms with Crippen molar-refractivity contribution in [3.63, 3.8) is 0 Å². The summed E-state index contributed by atoms with van der Waals surface area (Å²) in [4.78, 5) is 14.1. The zero-order valence-electron chi connectivity index (χ0n) is 12.0. The fourth-order valence-electron chi connectivity index (χ4n) is 2.67. The van der Waals surface area contributed by atoms with Crippen molar-refractivity contribution in [3.8, 4) is 0 Å². The summed E-state index contributed by atoms with van der Waals surface area (Å²) in [5, 5.41) is 8.97. The maximum Gasteiger partial charge on any atom is 0.250 e. The first-order valence-corrected chi connectivity index (χ1v) is 7.51. The fourth-order valence-corrected chi connectivity index (χ4v) is 2.67. The number of aromatic nitrogens is 1. The summed E-state index contributed by atoms with van der Waals surface area (Å²) < 4.78 is 1.68. The standard InChI is InChI=1S/C15H25N3O2/c16-13-6-7-15(20)18(12-13)9-2-8-17(10-3-11-19)14-4-1-5-14/h6-7,12,14,19H,1-5,8-11,16H2. The number of nitrogens with two attached hydrogens (primary N) is 1. The molecular formula is C15H25N3O2. The SMILES string of the molecule is Nc1ccc(=O)n(CCCN(CCCO)C2CCC2)c1. The van der Waals surface area contributed by atoms with Gasteiger partial charge in [-0.05, 0) is 31.7 Å². The molecule has 0 spiro atoms. The Hall–Kier alpha value is -1.33. The van der Waals surface area contributed by atoms with Gasteiger partial charge >= 0.3 is 0 Å². The lowest BCUT2D eigenvalue weighted by Gasteiger charge is -2.37. The zero-order chi connectivity index (χ0) is 14.4. The van der Waals surface area contributed by atoms with Gasteiger partial charge < -0.3 is 20.3 Å². The summed E-state index contributed by atoms with van der Waals surface area (Å²) in [5.41, 5.74) is 6.34. The predicted octanol–water partition coefficient (Wildman–Crippen LogP) is 1.06. The van der Waals surface area contributed by atoms with Gasteiger partial charge in [0.2, 0.25) is 0 Å². The maximum atomic E-state index is 11.7. The third-order valence-electron chi connectivity index (χ3n) is 4.05. The molecule has 0 aliphatic heterocycles. The molecule has 1 fully saturated rings. The van der Waals surface area contributed by atoms with Gasteiger partial charge in [0, 0.05) is 50.2 Å². The average molecular weight is 279 g/mol. The number of aliphatic hydroxyl groups excluding tert-OH is 1. The molecule has 0 saturated heterocycles. The molecule has 0 aromatic carbocycles. The van der Waals surface area contributed by atoms with Crippen LogP contribution in [-0.2, 0) is 6.54 Å². The highest BCUT2D eigenvalue weighted by Crippen LogP contribution is 2.25. The number of hydrogen-bond donors (Lipinski definition) is 2. The Bertz CT molecular complexity index is 468. The van der Waals surface area contributed by atoms with E-state index in [1.807, 2.05) is 0 Å². The smallest absolute Gasteiger partial charge is 0.250 e. The van der Waals surface area contributed by atoms with E-state index in [0.29, 0.717) is 18.3 Å². The lowest BCUT2D eigenvalue weighted by atomic mass is 9.91. The van der Waals surface area contributed by atoms with E-state index in [1.165, 1.54) is 25.3 Å². The molecule has 1 aliphatic rings. The molecule has 0 unspecified atom stereocenters. The van der Waals surface area contributed by atoms with Gasteiger partial charge in [-0.25, -0.2) is 0 Å². The summed E-state index contributed by atoms with van der Waals surface area (Å²) in [6.45, 7) is 2.88. The van der Waals surface area contributed by atoms with Crippen LogP contribution in [0.15, 0.2) is 23.1 Å². The number of nitrogens with zero attached hydrogens (tertiary/aromatic N) is 2. The minimum atomic E-state index is 0.00440. The van der Waals surface area contributed by atoms with Crippen LogP contribution < -0.4 is 11.3 Å². The molecule has 1 saturated carbocycles. The number of hydrogen-bond acceptors (Lipinski definition) is 4. The molecule has 2 rings (SSSR count). The van der Waals surface area contributed by atoms with Crippen molar-refractivity contribution in [1.82, 2.24) is 9.47 Å². The first-order valence-electron chi connectivity index (χ1n) is 7.51. The maximum absolute atomic E-state index is 11.7. The van der Waals surface area contributed by atoms with Crippen LogP contribution in [0.25, 0.3) is 0 Å². The summed E-state index contributed by atoms with van der Waals surface area (Å²) in [5.74, 6) is 0. The first-order chi connectivity index (χ1) is 9.70. The predicted molar refractivity (Wildman–Crippen MR) is 80.6 cm³/mol. The Morgan fingerprint density at radius 1 is 1.30 bits per heavy atom. The number of rotatable bonds is 8. The van der Waals surface area contributed by atoms with Crippen LogP contribution in [0.2, 0.25) is 0 Å². The second-order valence-corrected chi connectivity index (χ2v) is 5.55. The second kappa shape index (κ2) is 7.45. The van der Waals surface area contributed by atoms with Gasteiger partial charge in [-0.2, -0.15) is 0 Å². The van der Waals surface area contributed by atoms with Crippen molar-refractivity contribution in [2.45, 2.75) is 44.7 Å². The monoisotopic (exact) mass is 279 g/mol. The van der Waals surface area contributed by atoms with Gasteiger partial charge in [-0.3, -0.25) is 4.79 Å². The van der Waals surface area contributed by atoms with E-state index >= 15 is 0 Å². The molecule has 0 amide bonds. The van der Waals surface area contributed by atoms with Crippen molar-refractivity contribution in [3.05, 3.63) is 28.7 Å². The van der Waals surface area contributed by atoms with Gasteiger partial charge in [0.1, 0.15) is 0 Å². The number of anilines is 1. The van der Waals surface area contributed by atoms with Crippen LogP contribution in [0.5, 0.6) is 0 Å². The van der Waals surface area contributed by atoms with E-state index in [4.69, 9.17) is 10.8 Å². The molecule has 0 radical (unpaired) electrons. The van der Waals surface area contributed by atoms with Gasteiger partial charge in [0.05, 0.1) is 0 Å². The number of aliphatic hydroxyl groups is 1. The second-order valence-electron chi connectivity index (χ2n) is 5.55. The highest BCUT2D eigenvalue weighted by Gasteiger charge is 2.23. The minimum Gasteiger partial charge on any atom is -0.398 e. The Balaban J connectivity index is 1.82. The van der Waals surface area contributed by atoms with Crippen LogP contribution in [0.4, 0.5) is 5.69 Å². The minimum absolute atomic E-state index is 0.00440. The first kappa shape index (κ1) is 15.1. The van der Waals surface area contributed by atoms with E-state index in [2.05, 4.69) is 4.90 Å². The number of nitrogen functional groups attached to an aromatic ring is 1. The summed E-state index contributed by atoms with van der Waals surface area (Å²) in [6, 6.07) is 3.84.